The molecule has 0 spiro atoms. The molecule has 0 bridgehead atoms. The van der Waals surface area contributed by atoms with E-state index in [4.69, 9.17) is 4.42 Å². The van der Waals surface area contributed by atoms with Gasteiger partial charge < -0.3 is 9.73 Å². The highest BCUT2D eigenvalue weighted by molar-refractivity contribution is 9.10. The van der Waals surface area contributed by atoms with Crippen LogP contribution in [0.5, 0.6) is 0 Å². The van der Waals surface area contributed by atoms with Crippen LogP contribution in [0.15, 0.2) is 39.4 Å². The SMILES string of the molecule is CCNC(Cc1cc(C)cc(C)c1)c1occc1Br. The van der Waals surface area contributed by atoms with Crippen LogP contribution in [0.3, 0.4) is 0 Å². The monoisotopic (exact) mass is 321 g/mol. The highest BCUT2D eigenvalue weighted by atomic mass is 79.9. The van der Waals surface area contributed by atoms with Gasteiger partial charge in [0.2, 0.25) is 0 Å². The fourth-order valence-electron chi connectivity index (χ4n) is 2.48. The van der Waals surface area contributed by atoms with Crippen molar-refractivity contribution in [1.29, 1.82) is 0 Å². The lowest BCUT2D eigenvalue weighted by Gasteiger charge is -2.17. The molecule has 1 atom stereocenters. The molecule has 3 heteroatoms. The predicted molar refractivity (Wildman–Crippen MR) is 82.4 cm³/mol. The van der Waals surface area contributed by atoms with E-state index in [1.165, 1.54) is 16.7 Å². The van der Waals surface area contributed by atoms with Crippen LogP contribution in [-0.2, 0) is 6.42 Å². The van der Waals surface area contributed by atoms with Gasteiger partial charge in [-0.15, -0.1) is 0 Å². The zero-order valence-electron chi connectivity index (χ0n) is 11.7. The second kappa shape index (κ2) is 6.40. The first-order valence-electron chi connectivity index (χ1n) is 6.63. The van der Waals surface area contributed by atoms with Crippen molar-refractivity contribution in [3.8, 4) is 0 Å². The molecule has 2 nitrogen and oxygen atoms in total. The van der Waals surface area contributed by atoms with E-state index < -0.39 is 0 Å². The summed E-state index contributed by atoms with van der Waals surface area (Å²) in [6, 6.07) is 8.84. The highest BCUT2D eigenvalue weighted by Gasteiger charge is 2.17. The van der Waals surface area contributed by atoms with E-state index >= 15 is 0 Å². The molecule has 1 unspecified atom stereocenters. The maximum absolute atomic E-state index is 5.60. The Bertz CT molecular complexity index is 527. The summed E-state index contributed by atoms with van der Waals surface area (Å²) in [4.78, 5) is 0. The molecule has 0 radical (unpaired) electrons. The molecule has 1 N–H and O–H groups in total. The van der Waals surface area contributed by atoms with E-state index in [9.17, 15) is 0 Å². The van der Waals surface area contributed by atoms with Gasteiger partial charge in [-0.1, -0.05) is 36.2 Å². The number of hydrogen-bond acceptors (Lipinski definition) is 2. The number of halogens is 1. The first-order valence-corrected chi connectivity index (χ1v) is 7.43. The van der Waals surface area contributed by atoms with E-state index in [0.29, 0.717) is 0 Å². The van der Waals surface area contributed by atoms with Crippen LogP contribution in [0.1, 0.15) is 35.4 Å². The molecule has 0 amide bonds. The van der Waals surface area contributed by atoms with Crippen molar-refractivity contribution in [1.82, 2.24) is 5.32 Å². The first-order chi connectivity index (χ1) is 9.10. The standard InChI is InChI=1S/C16H20BrNO/c1-4-18-15(16-14(17)5-6-19-16)10-13-8-11(2)7-12(3)9-13/h5-9,15,18H,4,10H2,1-3H3. The van der Waals surface area contributed by atoms with Crippen molar-refractivity contribution in [3.05, 3.63) is 57.5 Å². The third-order valence-electron chi connectivity index (χ3n) is 3.13. The summed E-state index contributed by atoms with van der Waals surface area (Å²) in [7, 11) is 0. The molecule has 1 heterocycles. The molecular weight excluding hydrogens is 302 g/mol. The molecule has 1 aromatic carbocycles. The van der Waals surface area contributed by atoms with Crippen molar-refractivity contribution in [2.24, 2.45) is 0 Å². The van der Waals surface area contributed by atoms with Gasteiger partial charge >= 0.3 is 0 Å². The van der Waals surface area contributed by atoms with Crippen LogP contribution in [0.25, 0.3) is 0 Å². The van der Waals surface area contributed by atoms with Crippen LogP contribution in [0, 0.1) is 13.8 Å². The smallest absolute Gasteiger partial charge is 0.135 e. The zero-order valence-corrected chi connectivity index (χ0v) is 13.3. The van der Waals surface area contributed by atoms with Gasteiger partial charge in [0.05, 0.1) is 16.8 Å². The molecule has 0 saturated heterocycles. The molecule has 2 rings (SSSR count). The Hall–Kier alpha value is -1.06. The number of furan rings is 1. The van der Waals surface area contributed by atoms with Crippen LogP contribution < -0.4 is 5.32 Å². The van der Waals surface area contributed by atoms with E-state index in [2.05, 4.69) is 60.2 Å². The lowest BCUT2D eigenvalue weighted by Crippen LogP contribution is -2.22. The zero-order chi connectivity index (χ0) is 13.8. The number of nitrogens with one attached hydrogen (secondary N) is 1. The predicted octanol–water partition coefficient (Wildman–Crippen LogP) is 4.55. The minimum absolute atomic E-state index is 0.204. The molecule has 0 aliphatic heterocycles. The van der Waals surface area contributed by atoms with Crippen molar-refractivity contribution < 1.29 is 4.42 Å². The molecule has 0 fully saturated rings. The van der Waals surface area contributed by atoms with Gasteiger partial charge in [0.25, 0.3) is 0 Å². The molecule has 2 aromatic rings. The van der Waals surface area contributed by atoms with Crippen molar-refractivity contribution in [3.63, 3.8) is 0 Å². The molecule has 102 valence electrons. The maximum Gasteiger partial charge on any atom is 0.135 e. The Labute approximate surface area is 123 Å². The summed E-state index contributed by atoms with van der Waals surface area (Å²) in [5.41, 5.74) is 3.96. The minimum atomic E-state index is 0.204. The molecule has 0 aliphatic rings. The Kier molecular flexibility index (Phi) is 4.83. The summed E-state index contributed by atoms with van der Waals surface area (Å²) in [5, 5.41) is 3.49. The third-order valence-corrected chi connectivity index (χ3v) is 3.79. The average Bonchev–Trinajstić information content (AvgIpc) is 2.73. The van der Waals surface area contributed by atoms with Gasteiger partial charge in [0, 0.05) is 0 Å². The topological polar surface area (TPSA) is 25.2 Å². The van der Waals surface area contributed by atoms with Crippen LogP contribution in [0.4, 0.5) is 0 Å². The summed E-state index contributed by atoms with van der Waals surface area (Å²) in [5.74, 6) is 0.973. The lowest BCUT2D eigenvalue weighted by molar-refractivity contribution is 0.414. The molecule has 0 saturated carbocycles. The van der Waals surface area contributed by atoms with E-state index in [1.807, 2.05) is 6.07 Å². The largest absolute Gasteiger partial charge is 0.466 e. The van der Waals surface area contributed by atoms with E-state index in [0.717, 1.165) is 23.2 Å². The Morgan fingerprint density at radius 2 is 1.89 bits per heavy atom. The van der Waals surface area contributed by atoms with Gasteiger partial charge in [0.1, 0.15) is 5.76 Å². The van der Waals surface area contributed by atoms with Gasteiger partial charge in [-0.3, -0.25) is 0 Å². The molecule has 0 aliphatic carbocycles. The lowest BCUT2D eigenvalue weighted by atomic mass is 10.00. The average molecular weight is 322 g/mol. The van der Waals surface area contributed by atoms with Gasteiger partial charge in [-0.25, -0.2) is 0 Å². The minimum Gasteiger partial charge on any atom is -0.466 e. The number of likely N-dealkylation sites (N-methyl/N-ethyl adjacent to an activating group) is 1. The van der Waals surface area contributed by atoms with Gasteiger partial charge in [-0.05, 0) is 54.4 Å². The first kappa shape index (κ1) is 14.4. The highest BCUT2D eigenvalue weighted by Crippen LogP contribution is 2.27. The van der Waals surface area contributed by atoms with Crippen LogP contribution in [-0.4, -0.2) is 6.54 Å². The molecular formula is C16H20BrNO. The van der Waals surface area contributed by atoms with Gasteiger partial charge in [0.15, 0.2) is 0 Å². The summed E-state index contributed by atoms with van der Waals surface area (Å²) >= 11 is 3.55. The molecule has 19 heavy (non-hydrogen) atoms. The van der Waals surface area contributed by atoms with Gasteiger partial charge in [-0.2, -0.15) is 0 Å². The summed E-state index contributed by atoms with van der Waals surface area (Å²) in [6.45, 7) is 7.32. The van der Waals surface area contributed by atoms with Crippen molar-refractivity contribution in [2.75, 3.05) is 6.54 Å². The number of hydrogen-bond donors (Lipinski definition) is 1. The summed E-state index contributed by atoms with van der Waals surface area (Å²) < 4.78 is 6.63. The van der Waals surface area contributed by atoms with Crippen LogP contribution >= 0.6 is 15.9 Å². The fourth-order valence-corrected chi connectivity index (χ4v) is 2.96. The Morgan fingerprint density at radius 1 is 1.21 bits per heavy atom. The van der Waals surface area contributed by atoms with E-state index in [-0.39, 0.29) is 6.04 Å². The second-order valence-electron chi connectivity index (χ2n) is 4.94. The fraction of sp³-hybridized carbons (Fsp3) is 0.375. The third kappa shape index (κ3) is 3.71. The number of benzene rings is 1. The Balaban J connectivity index is 2.23. The van der Waals surface area contributed by atoms with Crippen LogP contribution in [0.2, 0.25) is 0 Å². The summed E-state index contributed by atoms with van der Waals surface area (Å²) in [6.07, 6.45) is 2.66. The number of aryl methyl sites for hydroxylation is 2. The second-order valence-corrected chi connectivity index (χ2v) is 5.80. The van der Waals surface area contributed by atoms with E-state index in [1.54, 1.807) is 6.26 Å². The van der Waals surface area contributed by atoms with Crippen molar-refractivity contribution >= 4 is 15.9 Å². The Morgan fingerprint density at radius 3 is 2.42 bits per heavy atom. The molecule has 1 aromatic heterocycles. The normalized spacial score (nSPS) is 12.6. The maximum atomic E-state index is 5.60. The van der Waals surface area contributed by atoms with Crippen molar-refractivity contribution in [2.45, 2.75) is 33.2 Å². The number of rotatable bonds is 5. The quantitative estimate of drug-likeness (QED) is 0.873.